The van der Waals surface area contributed by atoms with Crippen LogP contribution in [0.2, 0.25) is 0 Å². The smallest absolute Gasteiger partial charge is 0.132 e. The SMILES string of the molecule is CN1CN(c2cccc(Oc3cccc(N4CN(c5c(-c6ccccc6)cccc5-c5ccccc5)c5c4ccc4ccccc54)c3)c2)N=N1. The number of benzene rings is 7. The van der Waals surface area contributed by atoms with Crippen molar-refractivity contribution in [2.45, 2.75) is 0 Å². The van der Waals surface area contributed by atoms with Crippen LogP contribution >= 0.6 is 0 Å². The first kappa shape index (κ1) is 29.5. The largest absolute Gasteiger partial charge is 0.457 e. The van der Waals surface area contributed by atoms with Crippen molar-refractivity contribution in [3.63, 3.8) is 0 Å². The topological polar surface area (TPSA) is 46.9 Å². The number of hydrogen-bond donors (Lipinski definition) is 0. The Kier molecular flexibility index (Phi) is 7.35. The summed E-state index contributed by atoms with van der Waals surface area (Å²) in [6.07, 6.45) is 0. The summed E-state index contributed by atoms with van der Waals surface area (Å²) in [7, 11) is 1.90. The number of anilines is 5. The van der Waals surface area contributed by atoms with Crippen LogP contribution in [0.1, 0.15) is 0 Å². The Morgan fingerprint density at radius 3 is 1.80 bits per heavy atom. The average molecular weight is 651 g/mol. The molecule has 0 N–H and O–H groups in total. The molecular weight excluding hydrogens is 617 g/mol. The molecule has 50 heavy (non-hydrogen) atoms. The molecule has 0 aliphatic carbocycles. The predicted octanol–water partition coefficient (Wildman–Crippen LogP) is 11.2. The van der Waals surface area contributed by atoms with E-state index in [9.17, 15) is 0 Å². The van der Waals surface area contributed by atoms with Crippen LogP contribution in [0.15, 0.2) is 174 Å². The van der Waals surface area contributed by atoms with E-state index in [4.69, 9.17) is 4.74 Å². The molecule has 9 rings (SSSR count). The molecule has 0 bridgehead atoms. The van der Waals surface area contributed by atoms with E-state index in [-0.39, 0.29) is 0 Å². The molecule has 0 unspecified atom stereocenters. The lowest BCUT2D eigenvalue weighted by molar-refractivity contribution is 0.390. The van der Waals surface area contributed by atoms with E-state index in [1.165, 1.54) is 44.4 Å². The molecule has 0 saturated heterocycles. The van der Waals surface area contributed by atoms with E-state index < -0.39 is 0 Å². The normalized spacial score (nSPS) is 13.7. The fourth-order valence-electron chi connectivity index (χ4n) is 7.03. The van der Waals surface area contributed by atoms with Crippen LogP contribution in [0.5, 0.6) is 11.5 Å². The van der Waals surface area contributed by atoms with Crippen molar-refractivity contribution in [2.75, 3.05) is 35.2 Å². The average Bonchev–Trinajstić information content (AvgIpc) is 3.80. The van der Waals surface area contributed by atoms with Crippen molar-refractivity contribution in [1.29, 1.82) is 0 Å². The van der Waals surface area contributed by atoms with Crippen molar-refractivity contribution < 1.29 is 4.74 Å². The van der Waals surface area contributed by atoms with E-state index in [2.05, 4.69) is 154 Å². The summed E-state index contributed by atoms with van der Waals surface area (Å²) in [5.74, 6) is 1.50. The van der Waals surface area contributed by atoms with Gasteiger partial charge in [-0.3, -0.25) is 5.01 Å². The van der Waals surface area contributed by atoms with Crippen molar-refractivity contribution in [3.05, 3.63) is 164 Å². The highest BCUT2D eigenvalue weighted by atomic mass is 16.5. The van der Waals surface area contributed by atoms with Crippen LogP contribution in [0, 0.1) is 0 Å². The number of rotatable bonds is 7. The highest BCUT2D eigenvalue weighted by molar-refractivity contribution is 6.09. The summed E-state index contributed by atoms with van der Waals surface area (Å²) >= 11 is 0. The summed E-state index contributed by atoms with van der Waals surface area (Å²) in [5, 5.41) is 14.4. The number of ether oxygens (including phenoxy) is 1. The van der Waals surface area contributed by atoms with Gasteiger partial charge in [0, 0.05) is 41.4 Å². The second-order valence-electron chi connectivity index (χ2n) is 12.6. The van der Waals surface area contributed by atoms with Gasteiger partial charge in [-0.05, 0) is 52.1 Å². The third-order valence-corrected chi connectivity index (χ3v) is 9.32. The highest BCUT2D eigenvalue weighted by Crippen LogP contribution is 2.52. The van der Waals surface area contributed by atoms with Crippen molar-refractivity contribution in [3.8, 4) is 33.8 Å². The number of para-hydroxylation sites is 1. The predicted molar refractivity (Wildman–Crippen MR) is 203 cm³/mol. The Morgan fingerprint density at radius 2 is 1.12 bits per heavy atom. The van der Waals surface area contributed by atoms with Crippen LogP contribution < -0.4 is 19.5 Å². The highest BCUT2D eigenvalue weighted by Gasteiger charge is 2.33. The zero-order valence-electron chi connectivity index (χ0n) is 27.6. The van der Waals surface area contributed by atoms with Crippen LogP contribution in [0.25, 0.3) is 33.0 Å². The molecule has 0 amide bonds. The van der Waals surface area contributed by atoms with Crippen molar-refractivity contribution >= 4 is 39.2 Å². The first-order valence-corrected chi connectivity index (χ1v) is 16.8. The first-order chi connectivity index (χ1) is 24.7. The molecule has 0 atom stereocenters. The van der Waals surface area contributed by atoms with Crippen LogP contribution in [0.3, 0.4) is 0 Å². The van der Waals surface area contributed by atoms with Gasteiger partial charge in [-0.15, -0.1) is 0 Å². The van der Waals surface area contributed by atoms with Gasteiger partial charge in [-0.1, -0.05) is 127 Å². The molecule has 7 heteroatoms. The van der Waals surface area contributed by atoms with Gasteiger partial charge >= 0.3 is 0 Å². The molecule has 242 valence electrons. The van der Waals surface area contributed by atoms with Gasteiger partial charge in [-0.2, -0.15) is 0 Å². The summed E-state index contributed by atoms with van der Waals surface area (Å²) in [4.78, 5) is 4.89. The lowest BCUT2D eigenvalue weighted by atomic mass is 9.94. The van der Waals surface area contributed by atoms with Crippen molar-refractivity contribution in [2.24, 2.45) is 10.4 Å². The summed E-state index contributed by atoms with van der Waals surface area (Å²) in [5.41, 5.74) is 10.2. The lowest BCUT2D eigenvalue weighted by Gasteiger charge is -2.27. The minimum atomic E-state index is 0.595. The standard InChI is InChI=1S/C43H34N6O/c1-46-29-49(45-44-46)35-19-11-21-37(28-35)50-36-20-10-18-34(27-36)47-30-48(43-40-22-9-8-17-33(40)25-26-41(43)47)42-38(31-13-4-2-5-14-31)23-12-24-39(42)32-15-6-3-7-16-32/h2-28H,29-30H2,1H3. The Morgan fingerprint density at radius 1 is 0.500 bits per heavy atom. The van der Waals surface area contributed by atoms with Gasteiger partial charge in [0.25, 0.3) is 0 Å². The molecule has 0 radical (unpaired) electrons. The molecule has 0 fully saturated rings. The molecule has 2 aliphatic rings. The Hall–Kier alpha value is -6.60. The van der Waals surface area contributed by atoms with Crippen LogP contribution in [-0.2, 0) is 0 Å². The zero-order valence-corrected chi connectivity index (χ0v) is 27.6. The van der Waals surface area contributed by atoms with Gasteiger partial charge in [0.05, 0.1) is 22.7 Å². The van der Waals surface area contributed by atoms with Crippen molar-refractivity contribution in [1.82, 2.24) is 5.01 Å². The van der Waals surface area contributed by atoms with Crippen LogP contribution in [-0.4, -0.2) is 25.4 Å². The quantitative estimate of drug-likeness (QED) is 0.172. The zero-order chi connectivity index (χ0) is 33.4. The number of hydrogen-bond acceptors (Lipinski definition) is 7. The molecule has 2 heterocycles. The molecule has 0 spiro atoms. The molecule has 7 aromatic carbocycles. The molecular formula is C43H34N6O. The monoisotopic (exact) mass is 650 g/mol. The Labute approximate surface area is 291 Å². The van der Waals surface area contributed by atoms with E-state index in [1.807, 2.05) is 42.4 Å². The maximum absolute atomic E-state index is 6.48. The maximum Gasteiger partial charge on any atom is 0.132 e. The molecule has 7 aromatic rings. The molecule has 2 aliphatic heterocycles. The van der Waals surface area contributed by atoms with E-state index >= 15 is 0 Å². The van der Waals surface area contributed by atoms with Gasteiger partial charge in [0.2, 0.25) is 0 Å². The Balaban J connectivity index is 1.16. The molecule has 7 nitrogen and oxygen atoms in total. The van der Waals surface area contributed by atoms with Gasteiger partial charge in [-0.25, -0.2) is 5.01 Å². The fraction of sp³-hybridized carbons (Fsp3) is 0.0698. The third kappa shape index (κ3) is 5.35. The van der Waals surface area contributed by atoms with Gasteiger partial charge < -0.3 is 14.5 Å². The fourth-order valence-corrected chi connectivity index (χ4v) is 7.03. The Bertz CT molecular complexity index is 2300. The van der Waals surface area contributed by atoms with E-state index in [0.717, 1.165) is 28.6 Å². The second-order valence-corrected chi connectivity index (χ2v) is 12.6. The first-order valence-electron chi connectivity index (χ1n) is 16.8. The summed E-state index contributed by atoms with van der Waals surface area (Å²) in [6, 6.07) is 57.5. The summed E-state index contributed by atoms with van der Waals surface area (Å²) in [6.45, 7) is 1.22. The third-order valence-electron chi connectivity index (χ3n) is 9.32. The minimum Gasteiger partial charge on any atom is -0.457 e. The summed E-state index contributed by atoms with van der Waals surface area (Å²) < 4.78 is 6.48. The van der Waals surface area contributed by atoms with Gasteiger partial charge in [0.1, 0.15) is 24.8 Å². The molecule has 0 saturated carbocycles. The number of fused-ring (bicyclic) bond motifs is 3. The maximum atomic E-state index is 6.48. The number of nitrogens with zero attached hydrogens (tertiary/aromatic N) is 6. The van der Waals surface area contributed by atoms with Crippen LogP contribution in [0.4, 0.5) is 28.4 Å². The van der Waals surface area contributed by atoms with E-state index in [0.29, 0.717) is 13.3 Å². The minimum absolute atomic E-state index is 0.595. The lowest BCUT2D eigenvalue weighted by Crippen LogP contribution is -2.25. The van der Waals surface area contributed by atoms with E-state index in [1.54, 1.807) is 5.01 Å². The molecule has 0 aromatic heterocycles. The van der Waals surface area contributed by atoms with Gasteiger partial charge in [0.15, 0.2) is 0 Å². The second kappa shape index (κ2) is 12.5.